The summed E-state index contributed by atoms with van der Waals surface area (Å²) in [5.74, 6) is 0.668. The molecule has 0 saturated carbocycles. The highest BCUT2D eigenvalue weighted by Gasteiger charge is 2.18. The molecule has 3 heterocycles. The van der Waals surface area contributed by atoms with Gasteiger partial charge in [0, 0.05) is 12.7 Å². The van der Waals surface area contributed by atoms with Gasteiger partial charge in [-0.25, -0.2) is 4.98 Å². The second-order valence-electron chi connectivity index (χ2n) is 6.03. The van der Waals surface area contributed by atoms with Gasteiger partial charge in [-0.3, -0.25) is 14.5 Å². The molecule has 3 aromatic heterocycles. The van der Waals surface area contributed by atoms with Gasteiger partial charge in [0.2, 0.25) is 5.28 Å². The van der Waals surface area contributed by atoms with Gasteiger partial charge >= 0.3 is 0 Å². The van der Waals surface area contributed by atoms with Crippen molar-refractivity contribution in [3.63, 3.8) is 0 Å². The van der Waals surface area contributed by atoms with E-state index < -0.39 is 0 Å². The Bertz CT molecular complexity index is 1110. The number of aromatic amines is 1. The number of halogens is 1. The van der Waals surface area contributed by atoms with Crippen molar-refractivity contribution >= 4 is 22.8 Å². The summed E-state index contributed by atoms with van der Waals surface area (Å²) in [4.78, 5) is 23.5. The molecule has 4 rings (SSSR count). The number of benzene rings is 1. The Morgan fingerprint density at radius 3 is 2.77 bits per heavy atom. The van der Waals surface area contributed by atoms with Gasteiger partial charge in [0.25, 0.3) is 5.56 Å². The van der Waals surface area contributed by atoms with Crippen LogP contribution in [0.3, 0.4) is 0 Å². The number of aromatic nitrogens is 6. The van der Waals surface area contributed by atoms with Gasteiger partial charge in [0.15, 0.2) is 11.2 Å². The monoisotopic (exact) mass is 368 g/mol. The lowest BCUT2D eigenvalue weighted by Gasteiger charge is -2.05. The SMILES string of the molecule is CCCn1c(-c2cnn(Cc3ccccc3)c2)nc2nc(Cl)[nH]c(=O)c21. The largest absolute Gasteiger partial charge is 0.318 e. The fourth-order valence-electron chi connectivity index (χ4n) is 3.01. The van der Waals surface area contributed by atoms with E-state index in [1.807, 2.05) is 40.6 Å². The van der Waals surface area contributed by atoms with E-state index in [9.17, 15) is 4.79 Å². The molecule has 0 bridgehead atoms. The molecule has 0 radical (unpaired) electrons. The minimum absolute atomic E-state index is 0.0370. The maximum Gasteiger partial charge on any atom is 0.278 e. The zero-order chi connectivity index (χ0) is 18.1. The van der Waals surface area contributed by atoms with Crippen molar-refractivity contribution in [3.8, 4) is 11.4 Å². The summed E-state index contributed by atoms with van der Waals surface area (Å²) in [5, 5.41) is 4.47. The molecule has 0 atom stereocenters. The standard InChI is InChI=1S/C18H17ClN6O/c1-2-8-25-14-15(22-18(19)23-17(14)26)21-16(25)13-9-20-24(11-13)10-12-6-4-3-5-7-12/h3-7,9,11H,2,8,10H2,1H3,(H,22,23,26). The number of fused-ring (bicyclic) bond motifs is 1. The topological polar surface area (TPSA) is 81.4 Å². The van der Waals surface area contributed by atoms with E-state index in [0.717, 1.165) is 17.5 Å². The van der Waals surface area contributed by atoms with E-state index in [0.29, 0.717) is 30.1 Å². The third-order valence-corrected chi connectivity index (χ3v) is 4.29. The second-order valence-corrected chi connectivity index (χ2v) is 6.39. The number of aryl methyl sites for hydroxylation is 1. The number of hydrogen-bond acceptors (Lipinski definition) is 4. The summed E-state index contributed by atoms with van der Waals surface area (Å²) >= 11 is 5.87. The minimum atomic E-state index is -0.288. The lowest BCUT2D eigenvalue weighted by molar-refractivity contribution is 0.686. The third-order valence-electron chi connectivity index (χ3n) is 4.11. The van der Waals surface area contributed by atoms with Crippen LogP contribution >= 0.6 is 11.6 Å². The van der Waals surface area contributed by atoms with Crippen molar-refractivity contribution in [2.75, 3.05) is 0 Å². The number of hydrogen-bond donors (Lipinski definition) is 1. The molecule has 1 aromatic carbocycles. The molecule has 0 amide bonds. The van der Waals surface area contributed by atoms with Crippen LogP contribution in [0, 0.1) is 0 Å². The zero-order valence-corrected chi connectivity index (χ0v) is 14.9. The summed E-state index contributed by atoms with van der Waals surface area (Å²) in [6, 6.07) is 10.1. The zero-order valence-electron chi connectivity index (χ0n) is 14.2. The molecular formula is C18H17ClN6O. The lowest BCUT2D eigenvalue weighted by atomic mass is 10.2. The molecule has 0 unspecified atom stereocenters. The van der Waals surface area contributed by atoms with Crippen LogP contribution in [-0.2, 0) is 13.1 Å². The average Bonchev–Trinajstić information content (AvgIpc) is 3.21. The fourth-order valence-corrected chi connectivity index (χ4v) is 3.18. The van der Waals surface area contributed by atoms with Gasteiger partial charge in [-0.15, -0.1) is 0 Å². The van der Waals surface area contributed by atoms with Gasteiger partial charge in [-0.1, -0.05) is 37.3 Å². The van der Waals surface area contributed by atoms with Crippen molar-refractivity contribution in [2.45, 2.75) is 26.4 Å². The third kappa shape index (κ3) is 3.01. The van der Waals surface area contributed by atoms with Crippen LogP contribution < -0.4 is 5.56 Å². The van der Waals surface area contributed by atoms with Crippen molar-refractivity contribution in [2.24, 2.45) is 0 Å². The Hall–Kier alpha value is -2.93. The van der Waals surface area contributed by atoms with Crippen molar-refractivity contribution in [3.05, 3.63) is 63.9 Å². The molecule has 7 nitrogen and oxygen atoms in total. The summed E-state index contributed by atoms with van der Waals surface area (Å²) in [6.07, 6.45) is 4.54. The molecule has 26 heavy (non-hydrogen) atoms. The van der Waals surface area contributed by atoms with Crippen LogP contribution in [0.1, 0.15) is 18.9 Å². The Morgan fingerprint density at radius 2 is 2.00 bits per heavy atom. The van der Waals surface area contributed by atoms with E-state index in [-0.39, 0.29) is 10.8 Å². The Morgan fingerprint density at radius 1 is 1.19 bits per heavy atom. The highest BCUT2D eigenvalue weighted by atomic mass is 35.5. The summed E-state index contributed by atoms with van der Waals surface area (Å²) in [6.45, 7) is 3.37. The average molecular weight is 369 g/mol. The van der Waals surface area contributed by atoms with Crippen molar-refractivity contribution < 1.29 is 0 Å². The number of H-pyrrole nitrogens is 1. The summed E-state index contributed by atoms with van der Waals surface area (Å²) in [5.41, 5.74) is 2.49. The Balaban J connectivity index is 1.78. The predicted octanol–water partition coefficient (Wildman–Crippen LogP) is 3.09. The predicted molar refractivity (Wildman–Crippen MR) is 100 cm³/mol. The van der Waals surface area contributed by atoms with Crippen LogP contribution in [0.25, 0.3) is 22.6 Å². The van der Waals surface area contributed by atoms with Gasteiger partial charge in [-0.05, 0) is 23.6 Å². The number of imidazole rings is 1. The molecule has 132 valence electrons. The van der Waals surface area contributed by atoms with Gasteiger partial charge in [0.1, 0.15) is 5.82 Å². The van der Waals surface area contributed by atoms with Crippen molar-refractivity contribution in [1.82, 2.24) is 29.3 Å². The van der Waals surface area contributed by atoms with Gasteiger partial charge in [0.05, 0.1) is 18.3 Å². The first kappa shape index (κ1) is 16.5. The molecule has 0 spiro atoms. The summed E-state index contributed by atoms with van der Waals surface area (Å²) in [7, 11) is 0. The quantitative estimate of drug-likeness (QED) is 0.549. The van der Waals surface area contributed by atoms with E-state index in [1.54, 1.807) is 6.20 Å². The molecule has 0 aliphatic rings. The van der Waals surface area contributed by atoms with Crippen LogP contribution in [0.2, 0.25) is 5.28 Å². The molecule has 8 heteroatoms. The van der Waals surface area contributed by atoms with Gasteiger partial charge < -0.3 is 4.57 Å². The minimum Gasteiger partial charge on any atom is -0.318 e. The lowest BCUT2D eigenvalue weighted by Crippen LogP contribution is -2.12. The highest BCUT2D eigenvalue weighted by molar-refractivity contribution is 6.28. The first-order chi connectivity index (χ1) is 12.7. The number of nitrogens with one attached hydrogen (secondary N) is 1. The van der Waals surface area contributed by atoms with Crippen LogP contribution in [0.5, 0.6) is 0 Å². The van der Waals surface area contributed by atoms with Gasteiger partial charge in [-0.2, -0.15) is 10.1 Å². The maximum atomic E-state index is 12.3. The van der Waals surface area contributed by atoms with Crippen LogP contribution in [-0.4, -0.2) is 29.3 Å². The molecule has 0 saturated heterocycles. The Labute approximate surface area is 154 Å². The van der Waals surface area contributed by atoms with E-state index in [4.69, 9.17) is 11.6 Å². The molecule has 0 aliphatic carbocycles. The fraction of sp³-hybridized carbons (Fsp3) is 0.222. The molecule has 0 aliphatic heterocycles. The number of nitrogens with zero attached hydrogens (tertiary/aromatic N) is 5. The molecule has 4 aromatic rings. The number of rotatable bonds is 5. The normalized spacial score (nSPS) is 11.3. The first-order valence-electron chi connectivity index (χ1n) is 8.38. The highest BCUT2D eigenvalue weighted by Crippen LogP contribution is 2.23. The van der Waals surface area contributed by atoms with Crippen LogP contribution in [0.15, 0.2) is 47.5 Å². The van der Waals surface area contributed by atoms with Crippen molar-refractivity contribution in [1.29, 1.82) is 0 Å². The van der Waals surface area contributed by atoms with E-state index in [1.165, 1.54) is 0 Å². The second kappa shape index (κ2) is 6.76. The van der Waals surface area contributed by atoms with E-state index in [2.05, 4.69) is 32.2 Å². The van der Waals surface area contributed by atoms with Crippen LogP contribution in [0.4, 0.5) is 0 Å². The first-order valence-corrected chi connectivity index (χ1v) is 8.76. The molecule has 1 N–H and O–H groups in total. The molecule has 0 fully saturated rings. The molecular weight excluding hydrogens is 352 g/mol. The van der Waals surface area contributed by atoms with E-state index >= 15 is 0 Å². The Kier molecular flexibility index (Phi) is 4.30. The maximum absolute atomic E-state index is 12.3. The smallest absolute Gasteiger partial charge is 0.278 e. The summed E-state index contributed by atoms with van der Waals surface area (Å²) < 4.78 is 3.73.